The van der Waals surface area contributed by atoms with Gasteiger partial charge in [0, 0.05) is 0 Å². The van der Waals surface area contributed by atoms with Crippen molar-refractivity contribution in [3.05, 3.63) is 0 Å². The molecule has 2 heteroatoms. The monoisotopic (exact) mass is 368 g/mol. The fraction of sp³-hybridized carbons (Fsp3) is 0.958. The van der Waals surface area contributed by atoms with Gasteiger partial charge < -0.3 is 4.74 Å². The summed E-state index contributed by atoms with van der Waals surface area (Å²) in [4.78, 5) is 12.2. The first-order valence-corrected chi connectivity index (χ1v) is 11.9. The Bertz CT molecular complexity index is 280. The van der Waals surface area contributed by atoms with Crippen molar-refractivity contribution in [2.75, 3.05) is 6.61 Å². The molecule has 0 aliphatic rings. The van der Waals surface area contributed by atoms with Crippen molar-refractivity contribution in [1.29, 1.82) is 0 Å². The van der Waals surface area contributed by atoms with E-state index < -0.39 is 0 Å². The van der Waals surface area contributed by atoms with Crippen molar-refractivity contribution in [1.82, 2.24) is 0 Å². The van der Waals surface area contributed by atoms with Gasteiger partial charge in [0.25, 0.3) is 0 Å². The fourth-order valence-electron chi connectivity index (χ4n) is 3.51. The van der Waals surface area contributed by atoms with Crippen LogP contribution in [0.15, 0.2) is 0 Å². The van der Waals surface area contributed by atoms with Crippen LogP contribution in [0.5, 0.6) is 0 Å². The minimum absolute atomic E-state index is 0.0648. The van der Waals surface area contributed by atoms with Crippen LogP contribution in [-0.4, -0.2) is 12.6 Å². The van der Waals surface area contributed by atoms with Gasteiger partial charge >= 0.3 is 5.97 Å². The molecule has 0 aromatic rings. The van der Waals surface area contributed by atoms with Crippen LogP contribution in [0.2, 0.25) is 0 Å². The van der Waals surface area contributed by atoms with Gasteiger partial charge in [0.1, 0.15) is 0 Å². The second-order valence-electron chi connectivity index (χ2n) is 8.04. The average molecular weight is 369 g/mol. The third-order valence-electron chi connectivity index (χ3n) is 5.39. The molecule has 0 aromatic heterocycles. The third kappa shape index (κ3) is 16.9. The third-order valence-corrected chi connectivity index (χ3v) is 5.39. The lowest BCUT2D eigenvalue weighted by atomic mass is 9.96. The zero-order valence-corrected chi connectivity index (χ0v) is 18.3. The van der Waals surface area contributed by atoms with Gasteiger partial charge in [0.15, 0.2) is 0 Å². The molecule has 0 aliphatic heterocycles. The number of unbranched alkanes of at least 4 members (excludes halogenated alkanes) is 13. The molecule has 0 saturated carbocycles. The van der Waals surface area contributed by atoms with Crippen molar-refractivity contribution in [3.8, 4) is 0 Å². The van der Waals surface area contributed by atoms with Crippen LogP contribution in [-0.2, 0) is 9.53 Å². The van der Waals surface area contributed by atoms with E-state index in [-0.39, 0.29) is 11.9 Å². The maximum atomic E-state index is 12.2. The lowest BCUT2D eigenvalue weighted by molar-refractivity contribution is -0.149. The van der Waals surface area contributed by atoms with E-state index >= 15 is 0 Å². The summed E-state index contributed by atoms with van der Waals surface area (Å²) in [5.74, 6) is 0.210. The Labute approximate surface area is 164 Å². The largest absolute Gasteiger partial charge is 0.465 e. The summed E-state index contributed by atoms with van der Waals surface area (Å²) in [6.45, 7) is 7.28. The molecule has 0 heterocycles. The van der Waals surface area contributed by atoms with Crippen LogP contribution in [0.1, 0.15) is 136 Å². The molecule has 0 saturated heterocycles. The van der Waals surface area contributed by atoms with E-state index in [4.69, 9.17) is 4.74 Å². The highest BCUT2D eigenvalue weighted by molar-refractivity contribution is 5.72. The SMILES string of the molecule is CCCCCCCCCCCCCCOC(=O)C(CCCC)CCCC. The number of carbonyl (C=O) groups is 1. The molecule has 0 atom stereocenters. The van der Waals surface area contributed by atoms with Gasteiger partial charge in [-0.15, -0.1) is 0 Å². The molecule has 156 valence electrons. The molecule has 0 aliphatic carbocycles. The second-order valence-corrected chi connectivity index (χ2v) is 8.04. The molecule has 0 fully saturated rings. The lowest BCUT2D eigenvalue weighted by Gasteiger charge is -2.15. The van der Waals surface area contributed by atoms with Gasteiger partial charge in [0.2, 0.25) is 0 Å². The highest BCUT2D eigenvalue weighted by atomic mass is 16.5. The minimum atomic E-state index is 0.0648. The summed E-state index contributed by atoms with van der Waals surface area (Å²) in [5.41, 5.74) is 0. The van der Waals surface area contributed by atoms with Gasteiger partial charge in [-0.2, -0.15) is 0 Å². The molecule has 0 aromatic carbocycles. The highest BCUT2D eigenvalue weighted by Crippen LogP contribution is 2.18. The van der Waals surface area contributed by atoms with Crippen molar-refractivity contribution in [2.24, 2.45) is 5.92 Å². The number of carbonyl (C=O) groups excluding carboxylic acids is 1. The van der Waals surface area contributed by atoms with Gasteiger partial charge in [-0.3, -0.25) is 4.79 Å². The van der Waals surface area contributed by atoms with E-state index in [1.165, 1.54) is 70.6 Å². The molecule has 26 heavy (non-hydrogen) atoms. The lowest BCUT2D eigenvalue weighted by Crippen LogP contribution is -2.18. The second kappa shape index (κ2) is 20.8. The zero-order chi connectivity index (χ0) is 19.3. The van der Waals surface area contributed by atoms with Crippen LogP contribution in [0.3, 0.4) is 0 Å². The normalized spacial score (nSPS) is 11.2. The Morgan fingerprint density at radius 2 is 0.962 bits per heavy atom. The van der Waals surface area contributed by atoms with E-state index in [1.807, 2.05) is 0 Å². The highest BCUT2D eigenvalue weighted by Gasteiger charge is 2.18. The van der Waals surface area contributed by atoms with Crippen LogP contribution in [0.4, 0.5) is 0 Å². The molecule has 0 amide bonds. The van der Waals surface area contributed by atoms with Crippen molar-refractivity contribution in [2.45, 2.75) is 136 Å². The van der Waals surface area contributed by atoms with Gasteiger partial charge in [0.05, 0.1) is 12.5 Å². The molecule has 0 N–H and O–H groups in total. The molecular formula is C24H48O2. The molecule has 2 nitrogen and oxygen atoms in total. The fourth-order valence-corrected chi connectivity index (χ4v) is 3.51. The minimum Gasteiger partial charge on any atom is -0.465 e. The Morgan fingerprint density at radius 1 is 0.577 bits per heavy atom. The predicted molar refractivity (Wildman–Crippen MR) is 115 cm³/mol. The first kappa shape index (κ1) is 25.5. The van der Waals surface area contributed by atoms with Crippen molar-refractivity contribution < 1.29 is 9.53 Å². The van der Waals surface area contributed by atoms with Gasteiger partial charge in [-0.1, -0.05) is 117 Å². The van der Waals surface area contributed by atoms with Crippen LogP contribution in [0.25, 0.3) is 0 Å². The van der Waals surface area contributed by atoms with Gasteiger partial charge in [-0.05, 0) is 19.3 Å². The molecule has 0 bridgehead atoms. The number of hydrogen-bond donors (Lipinski definition) is 0. The summed E-state index contributed by atoms with van der Waals surface area (Å²) in [7, 11) is 0. The summed E-state index contributed by atoms with van der Waals surface area (Å²) in [6, 6.07) is 0. The molecular weight excluding hydrogens is 320 g/mol. The van der Waals surface area contributed by atoms with Crippen molar-refractivity contribution in [3.63, 3.8) is 0 Å². The van der Waals surface area contributed by atoms with E-state index in [0.717, 1.165) is 44.9 Å². The molecule has 0 unspecified atom stereocenters. The van der Waals surface area contributed by atoms with E-state index in [1.54, 1.807) is 0 Å². The van der Waals surface area contributed by atoms with Crippen LogP contribution in [0, 0.1) is 5.92 Å². The first-order chi connectivity index (χ1) is 12.8. The summed E-state index contributed by atoms with van der Waals surface area (Å²) >= 11 is 0. The maximum Gasteiger partial charge on any atom is 0.308 e. The molecule has 0 radical (unpaired) electrons. The van der Waals surface area contributed by atoms with Crippen LogP contribution < -0.4 is 0 Å². The predicted octanol–water partition coefficient (Wildman–Crippen LogP) is 8.23. The zero-order valence-electron chi connectivity index (χ0n) is 18.3. The number of rotatable bonds is 20. The summed E-state index contributed by atoms with van der Waals surface area (Å²) < 4.78 is 5.55. The van der Waals surface area contributed by atoms with Crippen molar-refractivity contribution >= 4 is 5.97 Å². The Balaban J connectivity index is 3.47. The molecule has 0 spiro atoms. The standard InChI is InChI=1S/C24H48O2/c1-4-7-10-11-12-13-14-15-16-17-18-19-22-26-24(25)23(20-8-5-2)21-9-6-3/h23H,4-22H2,1-3H3. The Hall–Kier alpha value is -0.530. The molecule has 0 rings (SSSR count). The Morgan fingerprint density at radius 3 is 1.38 bits per heavy atom. The average Bonchev–Trinajstić information content (AvgIpc) is 2.65. The summed E-state index contributed by atoms with van der Waals surface area (Å²) in [6.07, 6.45) is 22.7. The number of esters is 1. The summed E-state index contributed by atoms with van der Waals surface area (Å²) in [5, 5.41) is 0. The maximum absolute atomic E-state index is 12.2. The van der Waals surface area contributed by atoms with Crippen LogP contribution >= 0.6 is 0 Å². The Kier molecular flexibility index (Phi) is 20.4. The van der Waals surface area contributed by atoms with Gasteiger partial charge in [-0.25, -0.2) is 0 Å². The first-order valence-electron chi connectivity index (χ1n) is 11.9. The number of hydrogen-bond acceptors (Lipinski definition) is 2. The van der Waals surface area contributed by atoms with E-state index in [0.29, 0.717) is 6.61 Å². The van der Waals surface area contributed by atoms with E-state index in [2.05, 4.69) is 20.8 Å². The quantitative estimate of drug-likeness (QED) is 0.160. The number of ether oxygens (including phenoxy) is 1. The topological polar surface area (TPSA) is 26.3 Å². The van der Waals surface area contributed by atoms with E-state index in [9.17, 15) is 4.79 Å². The smallest absolute Gasteiger partial charge is 0.308 e.